The Morgan fingerprint density at radius 1 is 1.28 bits per heavy atom. The topological polar surface area (TPSA) is 35.2 Å². The van der Waals surface area contributed by atoms with E-state index in [1.54, 1.807) is 0 Å². The predicted octanol–water partition coefficient (Wildman–Crippen LogP) is 2.92. The van der Waals surface area contributed by atoms with Crippen molar-refractivity contribution < 1.29 is 4.74 Å². The third kappa shape index (κ3) is 4.81. The Balaban J connectivity index is 2.74. The number of rotatable bonds is 4. The molecule has 0 bridgehead atoms. The van der Waals surface area contributed by atoms with Crippen molar-refractivity contribution in [3.63, 3.8) is 0 Å². The van der Waals surface area contributed by atoms with E-state index in [1.807, 2.05) is 19.1 Å². The van der Waals surface area contributed by atoms with Crippen molar-refractivity contribution >= 4 is 0 Å². The van der Waals surface area contributed by atoms with Crippen LogP contribution in [0.15, 0.2) is 18.2 Å². The number of benzene rings is 1. The quantitative estimate of drug-likeness (QED) is 0.828. The van der Waals surface area contributed by atoms with Crippen LogP contribution in [-0.4, -0.2) is 13.2 Å². The summed E-state index contributed by atoms with van der Waals surface area (Å²) in [6, 6.07) is 6.15. The van der Waals surface area contributed by atoms with Gasteiger partial charge < -0.3 is 10.5 Å². The lowest BCUT2D eigenvalue weighted by atomic mass is 9.98. The maximum atomic E-state index is 5.79. The average Bonchev–Trinajstić information content (AvgIpc) is 2.26. The number of hydrogen-bond acceptors (Lipinski definition) is 2. The van der Waals surface area contributed by atoms with Gasteiger partial charge in [-0.05, 0) is 51.8 Å². The highest BCUT2D eigenvalue weighted by Gasteiger charge is 2.06. The smallest absolute Gasteiger partial charge is 0.149 e. The lowest BCUT2D eigenvalue weighted by molar-refractivity contribution is 0.362. The molecule has 2 nitrogen and oxygen atoms in total. The zero-order chi connectivity index (χ0) is 13.6. The van der Waals surface area contributed by atoms with Crippen LogP contribution in [0.5, 0.6) is 5.75 Å². The monoisotopic (exact) mass is 245 g/mol. The molecule has 0 saturated carbocycles. The van der Waals surface area contributed by atoms with Gasteiger partial charge in [0.05, 0.1) is 0 Å². The zero-order valence-corrected chi connectivity index (χ0v) is 11.8. The van der Waals surface area contributed by atoms with Gasteiger partial charge in [-0.2, -0.15) is 0 Å². The molecule has 18 heavy (non-hydrogen) atoms. The molecular formula is C16H23NO. The minimum atomic E-state index is 0.0230. The van der Waals surface area contributed by atoms with E-state index in [0.29, 0.717) is 13.2 Å². The highest BCUT2D eigenvalue weighted by atomic mass is 16.5. The molecule has 2 N–H and O–H groups in total. The van der Waals surface area contributed by atoms with Gasteiger partial charge in [-0.25, -0.2) is 0 Å². The molecule has 0 spiro atoms. The second-order valence-electron chi connectivity index (χ2n) is 5.44. The molecule has 0 fully saturated rings. The second-order valence-corrected chi connectivity index (χ2v) is 5.44. The first-order chi connectivity index (χ1) is 8.44. The molecule has 0 unspecified atom stereocenters. The van der Waals surface area contributed by atoms with E-state index in [2.05, 4.69) is 38.7 Å². The molecule has 1 rings (SSSR count). The van der Waals surface area contributed by atoms with Crippen molar-refractivity contribution in [1.29, 1.82) is 0 Å². The normalized spacial score (nSPS) is 10.7. The van der Waals surface area contributed by atoms with E-state index in [4.69, 9.17) is 10.5 Å². The van der Waals surface area contributed by atoms with Crippen molar-refractivity contribution in [3.05, 3.63) is 29.3 Å². The molecule has 0 aromatic heterocycles. The molecule has 0 radical (unpaired) electrons. The number of ether oxygens (including phenoxy) is 1. The fraction of sp³-hybridized carbons (Fsp3) is 0.500. The van der Waals surface area contributed by atoms with Gasteiger partial charge in [-0.15, -0.1) is 0 Å². The third-order valence-corrected chi connectivity index (χ3v) is 2.46. The van der Waals surface area contributed by atoms with Gasteiger partial charge >= 0.3 is 0 Å². The first-order valence-electron chi connectivity index (χ1n) is 6.35. The first-order valence-corrected chi connectivity index (χ1v) is 6.35. The van der Waals surface area contributed by atoms with Gasteiger partial charge in [0.25, 0.3) is 0 Å². The van der Waals surface area contributed by atoms with Crippen LogP contribution in [0.2, 0.25) is 0 Å². The Morgan fingerprint density at radius 3 is 2.61 bits per heavy atom. The van der Waals surface area contributed by atoms with Gasteiger partial charge in [-0.1, -0.05) is 30.0 Å². The summed E-state index contributed by atoms with van der Waals surface area (Å²) < 4.78 is 5.79. The average molecular weight is 245 g/mol. The van der Waals surface area contributed by atoms with Gasteiger partial charge in [0.1, 0.15) is 12.4 Å². The summed E-state index contributed by atoms with van der Waals surface area (Å²) in [6.07, 6.45) is 0.837. The molecule has 98 valence electrons. The van der Waals surface area contributed by atoms with Crippen molar-refractivity contribution in [1.82, 2.24) is 0 Å². The van der Waals surface area contributed by atoms with Gasteiger partial charge in [0.2, 0.25) is 0 Å². The molecule has 0 atom stereocenters. The SMILES string of the molecule is Cc1cccc(CCN)c1OCC#CC(C)(C)C. The van der Waals surface area contributed by atoms with Crippen molar-refractivity contribution in [2.24, 2.45) is 11.1 Å². The van der Waals surface area contributed by atoms with E-state index in [-0.39, 0.29) is 5.41 Å². The molecule has 0 amide bonds. The Bertz CT molecular complexity index is 446. The molecule has 0 saturated heterocycles. The highest BCUT2D eigenvalue weighted by molar-refractivity contribution is 5.41. The molecule has 2 heteroatoms. The number of aryl methyl sites for hydroxylation is 1. The lowest BCUT2D eigenvalue weighted by Gasteiger charge is -2.12. The van der Waals surface area contributed by atoms with Crippen LogP contribution in [0.4, 0.5) is 0 Å². The second kappa shape index (κ2) is 6.47. The van der Waals surface area contributed by atoms with Crippen LogP contribution >= 0.6 is 0 Å². The number of para-hydroxylation sites is 1. The molecule has 0 heterocycles. The Hall–Kier alpha value is -1.46. The van der Waals surface area contributed by atoms with E-state index < -0.39 is 0 Å². The minimum Gasteiger partial charge on any atom is -0.480 e. The van der Waals surface area contributed by atoms with Crippen LogP contribution in [-0.2, 0) is 6.42 Å². The number of nitrogens with two attached hydrogens (primary N) is 1. The fourth-order valence-electron chi connectivity index (χ4n) is 1.68. The third-order valence-electron chi connectivity index (χ3n) is 2.46. The maximum Gasteiger partial charge on any atom is 0.149 e. The van der Waals surface area contributed by atoms with Crippen LogP contribution < -0.4 is 10.5 Å². The summed E-state index contributed by atoms with van der Waals surface area (Å²) in [4.78, 5) is 0. The van der Waals surface area contributed by atoms with Crippen molar-refractivity contribution in [2.45, 2.75) is 34.1 Å². The fourth-order valence-corrected chi connectivity index (χ4v) is 1.68. The van der Waals surface area contributed by atoms with Crippen LogP contribution in [0.1, 0.15) is 31.9 Å². The van der Waals surface area contributed by atoms with E-state index in [1.165, 1.54) is 0 Å². The summed E-state index contributed by atoms with van der Waals surface area (Å²) in [5.41, 5.74) is 7.93. The Labute approximate surface area is 111 Å². The summed E-state index contributed by atoms with van der Waals surface area (Å²) in [7, 11) is 0. The van der Waals surface area contributed by atoms with Gasteiger partial charge in [-0.3, -0.25) is 0 Å². The summed E-state index contributed by atoms with van der Waals surface area (Å²) in [5, 5.41) is 0. The van der Waals surface area contributed by atoms with E-state index in [9.17, 15) is 0 Å². The Morgan fingerprint density at radius 2 is 2.00 bits per heavy atom. The van der Waals surface area contributed by atoms with E-state index >= 15 is 0 Å². The van der Waals surface area contributed by atoms with E-state index in [0.717, 1.165) is 23.3 Å². The highest BCUT2D eigenvalue weighted by Crippen LogP contribution is 2.23. The summed E-state index contributed by atoms with van der Waals surface area (Å²) in [6.45, 7) is 9.38. The molecule has 0 aliphatic carbocycles. The summed E-state index contributed by atoms with van der Waals surface area (Å²) >= 11 is 0. The van der Waals surface area contributed by atoms with Crippen LogP contribution in [0, 0.1) is 24.2 Å². The predicted molar refractivity (Wildman–Crippen MR) is 76.7 cm³/mol. The van der Waals surface area contributed by atoms with Crippen LogP contribution in [0.3, 0.4) is 0 Å². The molecule has 1 aromatic carbocycles. The van der Waals surface area contributed by atoms with Crippen molar-refractivity contribution in [3.8, 4) is 17.6 Å². The zero-order valence-electron chi connectivity index (χ0n) is 11.8. The van der Waals surface area contributed by atoms with Crippen molar-refractivity contribution in [2.75, 3.05) is 13.2 Å². The largest absolute Gasteiger partial charge is 0.480 e. The lowest BCUT2D eigenvalue weighted by Crippen LogP contribution is -2.07. The maximum absolute atomic E-state index is 5.79. The van der Waals surface area contributed by atoms with Gasteiger partial charge in [0.15, 0.2) is 0 Å². The molecule has 1 aromatic rings. The first kappa shape index (κ1) is 14.6. The Kier molecular flexibility index (Phi) is 5.25. The minimum absolute atomic E-state index is 0.0230. The molecular weight excluding hydrogens is 222 g/mol. The van der Waals surface area contributed by atoms with Gasteiger partial charge in [0, 0.05) is 5.41 Å². The standard InChI is InChI=1S/C16H23NO/c1-13-7-5-8-14(9-11-17)15(13)18-12-6-10-16(2,3)4/h5,7-8H,9,11-12,17H2,1-4H3. The molecule has 0 aliphatic heterocycles. The van der Waals surface area contributed by atoms with Crippen LogP contribution in [0.25, 0.3) is 0 Å². The number of hydrogen-bond donors (Lipinski definition) is 1. The summed E-state index contributed by atoms with van der Waals surface area (Å²) in [5.74, 6) is 7.17. The molecule has 0 aliphatic rings.